The van der Waals surface area contributed by atoms with Crippen molar-refractivity contribution in [3.05, 3.63) is 126 Å². The Morgan fingerprint density at radius 2 is 1.40 bits per heavy atom. The fourth-order valence-corrected chi connectivity index (χ4v) is 6.22. The van der Waals surface area contributed by atoms with E-state index in [2.05, 4.69) is 131 Å². The van der Waals surface area contributed by atoms with Gasteiger partial charge in [0.15, 0.2) is 0 Å². The molecule has 0 spiro atoms. The molecule has 0 atom stereocenters. The molecule has 3 aromatic heterocycles. The van der Waals surface area contributed by atoms with Crippen LogP contribution in [-0.4, -0.2) is 24.6 Å². The maximum Gasteiger partial charge on any atom is 0.126 e. The molecule has 48 heavy (non-hydrogen) atoms. The van der Waals surface area contributed by atoms with E-state index in [0.717, 1.165) is 61.3 Å². The van der Waals surface area contributed by atoms with Crippen LogP contribution in [0.3, 0.4) is 0 Å². The molecular weight excluding hydrogens is 772 g/mol. The molecule has 0 aliphatic heterocycles. The van der Waals surface area contributed by atoms with Crippen molar-refractivity contribution in [1.29, 1.82) is 0 Å². The van der Waals surface area contributed by atoms with E-state index in [-0.39, 0.29) is 37.6 Å². The molecule has 7 aromatic rings. The second-order valence-corrected chi connectivity index (χ2v) is 14.5. The first-order valence-corrected chi connectivity index (χ1v) is 16.1. The van der Waals surface area contributed by atoms with Gasteiger partial charge in [-0.1, -0.05) is 89.1 Å². The predicted molar refractivity (Wildman–Crippen MR) is 193 cm³/mol. The molecular formula is C42H39N4OPt-. The molecule has 6 heteroatoms. The molecule has 1 N–H and O–H groups in total. The summed E-state index contributed by atoms with van der Waals surface area (Å²) in [5, 5.41) is 11.9. The fourth-order valence-electron chi connectivity index (χ4n) is 6.22. The van der Waals surface area contributed by atoms with Crippen molar-refractivity contribution >= 4 is 21.9 Å². The molecule has 0 bridgehead atoms. The summed E-state index contributed by atoms with van der Waals surface area (Å²) in [5.41, 5.74) is 11.6. The Hall–Kier alpha value is -4.60. The zero-order valence-corrected chi connectivity index (χ0v) is 30.6. The third-order valence-corrected chi connectivity index (χ3v) is 8.88. The number of imidazole rings is 1. The minimum absolute atomic E-state index is 0. The van der Waals surface area contributed by atoms with Gasteiger partial charge in [0.25, 0.3) is 0 Å². The quantitative estimate of drug-likeness (QED) is 0.180. The van der Waals surface area contributed by atoms with Crippen LogP contribution < -0.4 is 0 Å². The van der Waals surface area contributed by atoms with Crippen molar-refractivity contribution in [1.82, 2.24) is 19.5 Å². The molecule has 0 aliphatic rings. The molecule has 0 radical (unpaired) electrons. The zero-order valence-electron chi connectivity index (χ0n) is 28.4. The van der Waals surface area contributed by atoms with Crippen molar-refractivity contribution in [3.8, 4) is 45.1 Å². The van der Waals surface area contributed by atoms with Gasteiger partial charge < -0.3 is 9.67 Å². The maximum absolute atomic E-state index is 10.8. The number of hydrogen-bond acceptors (Lipinski definition) is 4. The van der Waals surface area contributed by atoms with Gasteiger partial charge in [0.2, 0.25) is 0 Å². The molecule has 0 saturated carbocycles. The Labute approximate surface area is 297 Å². The van der Waals surface area contributed by atoms with Gasteiger partial charge >= 0.3 is 0 Å². The second-order valence-electron chi connectivity index (χ2n) is 14.5. The molecule has 0 unspecified atom stereocenters. The smallest absolute Gasteiger partial charge is 0.126 e. The van der Waals surface area contributed by atoms with Crippen molar-refractivity contribution in [2.75, 3.05) is 0 Å². The number of aromatic nitrogens is 4. The number of nitrogens with zero attached hydrogens (tertiary/aromatic N) is 4. The van der Waals surface area contributed by atoms with Gasteiger partial charge in [0, 0.05) is 62.0 Å². The van der Waals surface area contributed by atoms with Gasteiger partial charge in [-0.3, -0.25) is 15.0 Å². The van der Waals surface area contributed by atoms with Gasteiger partial charge in [-0.25, -0.2) is 0 Å². The first-order chi connectivity index (χ1) is 22.4. The average Bonchev–Trinajstić information content (AvgIpc) is 3.44. The van der Waals surface area contributed by atoms with Crippen LogP contribution in [0.25, 0.3) is 61.3 Å². The van der Waals surface area contributed by atoms with Gasteiger partial charge in [0.1, 0.15) is 5.75 Å². The first-order valence-electron chi connectivity index (χ1n) is 16.1. The maximum atomic E-state index is 10.8. The summed E-state index contributed by atoms with van der Waals surface area (Å²) in [6.07, 6.45) is 5.22. The number of hydrogen-bond donors (Lipinski definition) is 1. The van der Waals surface area contributed by atoms with Crippen LogP contribution in [-0.2, 0) is 31.9 Å². The number of para-hydroxylation sites is 1. The SMILES string of the molecule is Cc1cnc2c(-c3[c-]c(-c4nc5c(-c6cnccc6O)cccc5n4-c4ccc(C(C)(C)C)cc4)ccc3)cc(C(C)(C)C)cc2c1.[Pt]. The third kappa shape index (κ3) is 6.08. The third-order valence-electron chi connectivity index (χ3n) is 8.88. The number of fused-ring (bicyclic) bond motifs is 2. The zero-order chi connectivity index (χ0) is 33.1. The largest absolute Gasteiger partial charge is 0.507 e. The minimum Gasteiger partial charge on any atom is -0.507 e. The Morgan fingerprint density at radius 3 is 2.10 bits per heavy atom. The molecule has 244 valence electrons. The van der Waals surface area contributed by atoms with Crippen molar-refractivity contribution in [2.45, 2.75) is 59.3 Å². The van der Waals surface area contributed by atoms with Crippen LogP contribution in [0.15, 0.2) is 104 Å². The van der Waals surface area contributed by atoms with Crippen LogP contribution in [0.5, 0.6) is 5.75 Å². The number of pyridine rings is 2. The number of rotatable bonds is 4. The molecule has 4 aromatic carbocycles. The Morgan fingerprint density at radius 1 is 0.688 bits per heavy atom. The van der Waals surface area contributed by atoms with Crippen LogP contribution in [0.2, 0.25) is 0 Å². The van der Waals surface area contributed by atoms with Gasteiger partial charge in [-0.2, -0.15) is 0 Å². The van der Waals surface area contributed by atoms with Gasteiger partial charge in [0.05, 0.1) is 16.9 Å². The average molecular weight is 811 g/mol. The minimum atomic E-state index is -0.0360. The van der Waals surface area contributed by atoms with E-state index in [4.69, 9.17) is 9.97 Å². The Kier molecular flexibility index (Phi) is 8.64. The van der Waals surface area contributed by atoms with Crippen LogP contribution in [0.1, 0.15) is 58.2 Å². The number of benzene rings is 4. The van der Waals surface area contributed by atoms with Crippen molar-refractivity contribution < 1.29 is 26.2 Å². The summed E-state index contributed by atoms with van der Waals surface area (Å²) in [4.78, 5) is 14.5. The molecule has 5 nitrogen and oxygen atoms in total. The molecule has 0 amide bonds. The van der Waals surface area contributed by atoms with E-state index >= 15 is 0 Å². The van der Waals surface area contributed by atoms with Gasteiger partial charge in [-0.05, 0) is 70.2 Å². The second kappa shape index (κ2) is 12.4. The molecule has 3 heterocycles. The topological polar surface area (TPSA) is 63.8 Å². The fraction of sp³-hybridized carbons (Fsp3) is 0.214. The van der Waals surface area contributed by atoms with E-state index < -0.39 is 0 Å². The Balaban J connectivity index is 0.00000401. The summed E-state index contributed by atoms with van der Waals surface area (Å²) in [6, 6.07) is 33.1. The molecule has 0 aliphatic carbocycles. The Bertz CT molecular complexity index is 2290. The summed E-state index contributed by atoms with van der Waals surface area (Å²) >= 11 is 0. The van der Waals surface area contributed by atoms with Gasteiger partial charge in [-0.15, -0.1) is 29.8 Å². The van der Waals surface area contributed by atoms with E-state index in [1.54, 1.807) is 18.5 Å². The van der Waals surface area contributed by atoms with Crippen LogP contribution in [0, 0.1) is 13.0 Å². The monoisotopic (exact) mass is 810 g/mol. The van der Waals surface area contributed by atoms with Crippen molar-refractivity contribution in [3.63, 3.8) is 0 Å². The summed E-state index contributed by atoms with van der Waals surface area (Å²) in [7, 11) is 0. The normalized spacial score (nSPS) is 12.0. The molecule has 7 rings (SSSR count). The summed E-state index contributed by atoms with van der Waals surface area (Å²) in [6.45, 7) is 15.5. The molecule has 0 fully saturated rings. The number of aromatic hydroxyl groups is 1. The summed E-state index contributed by atoms with van der Waals surface area (Å²) < 4.78 is 2.19. The van der Waals surface area contributed by atoms with E-state index in [1.165, 1.54) is 11.1 Å². The summed E-state index contributed by atoms with van der Waals surface area (Å²) in [5.74, 6) is 0.932. The van der Waals surface area contributed by atoms with Crippen molar-refractivity contribution in [2.24, 2.45) is 0 Å². The number of aryl methyl sites for hydroxylation is 1. The van der Waals surface area contributed by atoms with Crippen LogP contribution >= 0.6 is 0 Å². The molecule has 0 saturated heterocycles. The predicted octanol–water partition coefficient (Wildman–Crippen LogP) is 10.4. The standard InChI is InChI=1S/C42H39N4O.Pt/c1-26-20-29-22-31(42(5,6)7)23-34(38(29)44-24-26)27-10-8-11-28(21-27)40-45-39-33(35-25-43-19-18-37(35)47)12-9-13-36(39)46(40)32-16-14-30(15-17-32)41(2,3)4;/h8-20,22-25H,1-7H3,(H,43,47);/q-1;. The van der Waals surface area contributed by atoms with Crippen LogP contribution in [0.4, 0.5) is 0 Å². The van der Waals surface area contributed by atoms with E-state index in [1.807, 2.05) is 18.3 Å². The van der Waals surface area contributed by atoms with E-state index in [9.17, 15) is 5.11 Å². The first kappa shape index (κ1) is 33.3. The van der Waals surface area contributed by atoms with E-state index in [0.29, 0.717) is 5.56 Å².